The molecule has 0 saturated carbocycles. The summed E-state index contributed by atoms with van der Waals surface area (Å²) < 4.78 is 0. The summed E-state index contributed by atoms with van der Waals surface area (Å²) in [4.78, 5) is 35.9. The smallest absolute Gasteiger partial charge is 0.194 e. The first-order valence-corrected chi connectivity index (χ1v) is 6.80. The number of phenolic OH excluding ortho intramolecular Hbond substituents is 2. The highest BCUT2D eigenvalue weighted by molar-refractivity contribution is 7.12. The fraction of sp³-hybridized carbons (Fsp3) is 0. The van der Waals surface area contributed by atoms with Crippen molar-refractivity contribution in [3.05, 3.63) is 51.2 Å². The lowest BCUT2D eigenvalue weighted by molar-refractivity contribution is 0.0998. The van der Waals surface area contributed by atoms with Crippen LogP contribution < -0.4 is 0 Å². The average molecular weight is 300 g/mol. The molecule has 2 aromatic rings. The molecule has 1 aromatic heterocycles. The maximum atomic E-state index is 12.5. The number of benzene rings is 1. The SMILES string of the molecule is O=Cc1sccc1C1=CC(=O)c2c(O)cc(O)cc2C1=O. The summed E-state index contributed by atoms with van der Waals surface area (Å²) in [6.45, 7) is 0. The van der Waals surface area contributed by atoms with Gasteiger partial charge in [-0.15, -0.1) is 11.3 Å². The molecule has 21 heavy (non-hydrogen) atoms. The largest absolute Gasteiger partial charge is 0.508 e. The van der Waals surface area contributed by atoms with E-state index in [1.807, 2.05) is 0 Å². The number of aldehydes is 1. The molecule has 1 heterocycles. The summed E-state index contributed by atoms with van der Waals surface area (Å²) in [6, 6.07) is 3.72. The monoisotopic (exact) mass is 300 g/mol. The number of hydrogen-bond acceptors (Lipinski definition) is 6. The molecule has 104 valence electrons. The van der Waals surface area contributed by atoms with Crippen LogP contribution >= 0.6 is 11.3 Å². The fourth-order valence-electron chi connectivity index (χ4n) is 2.30. The van der Waals surface area contributed by atoms with E-state index >= 15 is 0 Å². The highest BCUT2D eigenvalue weighted by Crippen LogP contribution is 2.36. The van der Waals surface area contributed by atoms with E-state index in [2.05, 4.69) is 0 Å². The van der Waals surface area contributed by atoms with Gasteiger partial charge in [-0.2, -0.15) is 0 Å². The molecule has 0 saturated heterocycles. The number of carbonyl (C=O) groups excluding carboxylic acids is 3. The van der Waals surface area contributed by atoms with E-state index in [0.717, 1.165) is 29.5 Å². The van der Waals surface area contributed by atoms with Gasteiger partial charge in [-0.1, -0.05) is 0 Å². The van der Waals surface area contributed by atoms with Crippen molar-refractivity contribution in [2.75, 3.05) is 0 Å². The van der Waals surface area contributed by atoms with E-state index in [9.17, 15) is 24.6 Å². The number of phenols is 2. The molecule has 1 aromatic carbocycles. The molecule has 0 fully saturated rings. The molecule has 0 radical (unpaired) electrons. The Kier molecular flexibility index (Phi) is 2.95. The first kappa shape index (κ1) is 13.3. The molecule has 1 aliphatic rings. The normalized spacial score (nSPS) is 13.8. The zero-order valence-electron chi connectivity index (χ0n) is 10.5. The maximum absolute atomic E-state index is 12.5. The number of fused-ring (bicyclic) bond motifs is 1. The zero-order chi connectivity index (χ0) is 15.1. The predicted octanol–water partition coefficient (Wildman–Crippen LogP) is 2.43. The Morgan fingerprint density at radius 1 is 1.10 bits per heavy atom. The number of thiophene rings is 1. The van der Waals surface area contributed by atoms with Crippen LogP contribution in [0.3, 0.4) is 0 Å². The van der Waals surface area contributed by atoms with Crippen LogP contribution in [0.5, 0.6) is 11.5 Å². The molecule has 0 unspecified atom stereocenters. The van der Waals surface area contributed by atoms with Crippen LogP contribution in [0.25, 0.3) is 5.57 Å². The Morgan fingerprint density at radius 2 is 1.86 bits per heavy atom. The lowest BCUT2D eigenvalue weighted by atomic mass is 9.86. The average Bonchev–Trinajstić information content (AvgIpc) is 2.90. The molecule has 0 amide bonds. The van der Waals surface area contributed by atoms with Crippen LogP contribution in [0.4, 0.5) is 0 Å². The third-order valence-electron chi connectivity index (χ3n) is 3.21. The predicted molar refractivity (Wildman–Crippen MR) is 76.1 cm³/mol. The molecule has 0 bridgehead atoms. The molecule has 2 N–H and O–H groups in total. The fourth-order valence-corrected chi connectivity index (χ4v) is 3.01. The van der Waals surface area contributed by atoms with Crippen molar-refractivity contribution in [3.63, 3.8) is 0 Å². The van der Waals surface area contributed by atoms with Crippen molar-refractivity contribution in [3.8, 4) is 11.5 Å². The van der Waals surface area contributed by atoms with Crippen molar-refractivity contribution in [2.24, 2.45) is 0 Å². The van der Waals surface area contributed by atoms with Gasteiger partial charge < -0.3 is 10.2 Å². The number of carbonyl (C=O) groups is 3. The van der Waals surface area contributed by atoms with E-state index in [-0.39, 0.29) is 22.4 Å². The van der Waals surface area contributed by atoms with Crippen LogP contribution in [0.2, 0.25) is 0 Å². The van der Waals surface area contributed by atoms with E-state index in [4.69, 9.17) is 0 Å². The molecule has 0 atom stereocenters. The van der Waals surface area contributed by atoms with Crippen LogP contribution in [-0.4, -0.2) is 28.1 Å². The molecule has 0 aliphatic heterocycles. The minimum absolute atomic E-state index is 0.0713. The number of aromatic hydroxyl groups is 2. The molecule has 0 spiro atoms. The number of hydrogen-bond donors (Lipinski definition) is 2. The summed E-state index contributed by atoms with van der Waals surface area (Å²) in [5, 5.41) is 20.9. The van der Waals surface area contributed by atoms with E-state index in [1.54, 1.807) is 11.4 Å². The molecular weight excluding hydrogens is 292 g/mol. The van der Waals surface area contributed by atoms with Gasteiger partial charge in [0.25, 0.3) is 0 Å². The second kappa shape index (κ2) is 4.68. The van der Waals surface area contributed by atoms with Crippen molar-refractivity contribution in [1.82, 2.24) is 0 Å². The van der Waals surface area contributed by atoms with Crippen molar-refractivity contribution in [1.29, 1.82) is 0 Å². The Hall–Kier alpha value is -2.73. The van der Waals surface area contributed by atoms with E-state index in [0.29, 0.717) is 16.7 Å². The number of Topliss-reactive ketones (excluding diaryl/α,β-unsaturated/α-hetero) is 1. The summed E-state index contributed by atoms with van der Waals surface area (Å²) in [5.74, 6) is -1.81. The summed E-state index contributed by atoms with van der Waals surface area (Å²) in [5.41, 5.74) is 0.255. The summed E-state index contributed by atoms with van der Waals surface area (Å²) in [7, 11) is 0. The first-order chi connectivity index (χ1) is 10.0. The summed E-state index contributed by atoms with van der Waals surface area (Å²) in [6.07, 6.45) is 1.73. The van der Waals surface area contributed by atoms with Gasteiger partial charge in [-0.05, 0) is 23.6 Å². The minimum atomic E-state index is -0.542. The topological polar surface area (TPSA) is 91.7 Å². The standard InChI is InChI=1S/C15H8O5S/c16-6-13-8(1-2-21-13)9-5-12(19)14-10(15(9)20)3-7(17)4-11(14)18/h1-6,17-18H. The van der Waals surface area contributed by atoms with Crippen molar-refractivity contribution < 1.29 is 24.6 Å². The first-order valence-electron chi connectivity index (χ1n) is 5.92. The minimum Gasteiger partial charge on any atom is -0.508 e. The molecule has 3 rings (SSSR count). The molecule has 6 heteroatoms. The Morgan fingerprint density at radius 3 is 2.57 bits per heavy atom. The zero-order valence-corrected chi connectivity index (χ0v) is 11.3. The summed E-state index contributed by atoms with van der Waals surface area (Å²) >= 11 is 1.16. The van der Waals surface area contributed by atoms with Gasteiger partial charge in [-0.3, -0.25) is 14.4 Å². The third-order valence-corrected chi connectivity index (χ3v) is 4.05. The second-order valence-electron chi connectivity index (χ2n) is 4.46. The lowest BCUT2D eigenvalue weighted by Crippen LogP contribution is -2.16. The van der Waals surface area contributed by atoms with Crippen molar-refractivity contribution >= 4 is 34.8 Å². The van der Waals surface area contributed by atoms with Crippen LogP contribution in [0.1, 0.15) is 36.0 Å². The van der Waals surface area contributed by atoms with Gasteiger partial charge in [0.05, 0.1) is 10.4 Å². The van der Waals surface area contributed by atoms with Gasteiger partial charge in [0.1, 0.15) is 11.5 Å². The van der Waals surface area contributed by atoms with Crippen LogP contribution in [0.15, 0.2) is 29.7 Å². The Balaban J connectivity index is 2.22. The van der Waals surface area contributed by atoms with E-state index < -0.39 is 17.3 Å². The second-order valence-corrected chi connectivity index (χ2v) is 5.40. The van der Waals surface area contributed by atoms with Crippen molar-refractivity contribution in [2.45, 2.75) is 0 Å². The van der Waals surface area contributed by atoms with Gasteiger partial charge in [0.2, 0.25) is 0 Å². The van der Waals surface area contributed by atoms with E-state index in [1.165, 1.54) is 0 Å². The van der Waals surface area contributed by atoms with Gasteiger partial charge >= 0.3 is 0 Å². The Bertz CT molecular complexity index is 829. The van der Waals surface area contributed by atoms with Gasteiger partial charge in [0, 0.05) is 22.8 Å². The number of allylic oxidation sites excluding steroid dienone is 2. The highest BCUT2D eigenvalue weighted by Gasteiger charge is 2.30. The molecular formula is C15H8O5S. The van der Waals surface area contributed by atoms with Gasteiger partial charge in [-0.25, -0.2) is 0 Å². The quantitative estimate of drug-likeness (QED) is 0.831. The molecule has 5 nitrogen and oxygen atoms in total. The molecule has 1 aliphatic carbocycles. The van der Waals surface area contributed by atoms with Gasteiger partial charge in [0.15, 0.2) is 17.9 Å². The Labute approximate surface area is 122 Å². The number of rotatable bonds is 2. The number of ketones is 2. The maximum Gasteiger partial charge on any atom is 0.194 e. The lowest BCUT2D eigenvalue weighted by Gasteiger charge is -2.16. The third kappa shape index (κ3) is 1.96. The van der Waals surface area contributed by atoms with Crippen LogP contribution in [-0.2, 0) is 0 Å². The highest BCUT2D eigenvalue weighted by atomic mass is 32.1. The van der Waals surface area contributed by atoms with Crippen LogP contribution in [0, 0.1) is 0 Å².